The van der Waals surface area contributed by atoms with Gasteiger partial charge in [-0.1, -0.05) is 30.3 Å². The molecule has 0 bridgehead atoms. The Balaban J connectivity index is 1.85. The van der Waals surface area contributed by atoms with E-state index in [1.165, 1.54) is 5.56 Å². The van der Waals surface area contributed by atoms with Crippen LogP contribution in [0.4, 0.5) is 0 Å². The van der Waals surface area contributed by atoms with Crippen molar-refractivity contribution in [2.75, 3.05) is 6.61 Å². The molecular formula is C9H10O2. The minimum Gasteiger partial charge on any atom is -0.346 e. The van der Waals surface area contributed by atoms with Crippen LogP contribution in [0.25, 0.3) is 0 Å². The predicted octanol–water partition coefficient (Wildman–Crippen LogP) is 1.56. The van der Waals surface area contributed by atoms with Gasteiger partial charge >= 0.3 is 0 Å². The molecule has 1 aliphatic rings. The van der Waals surface area contributed by atoms with Crippen molar-refractivity contribution in [2.45, 2.75) is 12.9 Å². The molecule has 0 aliphatic carbocycles. The summed E-state index contributed by atoms with van der Waals surface area (Å²) >= 11 is 0. The Morgan fingerprint density at radius 1 is 1.36 bits per heavy atom. The van der Waals surface area contributed by atoms with E-state index in [-0.39, 0.29) is 6.29 Å². The third kappa shape index (κ3) is 2.03. The topological polar surface area (TPSA) is 21.8 Å². The Kier molecular flexibility index (Phi) is 1.88. The summed E-state index contributed by atoms with van der Waals surface area (Å²) in [5.74, 6) is 0. The number of benzene rings is 1. The first-order valence-electron chi connectivity index (χ1n) is 3.72. The molecule has 1 aliphatic heterocycles. The molecule has 11 heavy (non-hydrogen) atoms. The van der Waals surface area contributed by atoms with Crippen molar-refractivity contribution in [3.05, 3.63) is 35.9 Å². The number of epoxide rings is 1. The Hall–Kier alpha value is -0.860. The van der Waals surface area contributed by atoms with E-state index in [9.17, 15) is 0 Å². The number of hydrogen-bond acceptors (Lipinski definition) is 2. The number of hydrogen-bond donors (Lipinski definition) is 0. The first-order valence-corrected chi connectivity index (χ1v) is 3.72. The molecule has 2 nitrogen and oxygen atoms in total. The van der Waals surface area contributed by atoms with Gasteiger partial charge in [-0.25, -0.2) is 0 Å². The molecule has 1 atom stereocenters. The zero-order valence-electron chi connectivity index (χ0n) is 6.19. The highest BCUT2D eigenvalue weighted by molar-refractivity contribution is 5.13. The lowest BCUT2D eigenvalue weighted by Gasteiger charge is -1.98. The Labute approximate surface area is 65.7 Å². The fourth-order valence-electron chi connectivity index (χ4n) is 0.899. The molecule has 2 heteroatoms. The first kappa shape index (κ1) is 6.83. The van der Waals surface area contributed by atoms with Gasteiger partial charge in [-0.15, -0.1) is 0 Å². The second-order valence-electron chi connectivity index (χ2n) is 2.56. The summed E-state index contributed by atoms with van der Waals surface area (Å²) in [6, 6.07) is 10.1. The summed E-state index contributed by atoms with van der Waals surface area (Å²) in [5.41, 5.74) is 1.20. The molecule has 0 saturated carbocycles. The zero-order valence-corrected chi connectivity index (χ0v) is 6.19. The second-order valence-corrected chi connectivity index (χ2v) is 2.56. The van der Waals surface area contributed by atoms with Gasteiger partial charge in [-0.2, -0.15) is 0 Å². The van der Waals surface area contributed by atoms with Crippen molar-refractivity contribution in [1.29, 1.82) is 0 Å². The third-order valence-corrected chi connectivity index (χ3v) is 1.58. The number of ether oxygens (including phenoxy) is 2. The van der Waals surface area contributed by atoms with Gasteiger partial charge in [0.2, 0.25) is 0 Å². The maximum atomic E-state index is 5.32. The first-order chi connectivity index (χ1) is 5.45. The minimum absolute atomic E-state index is 0.0650. The molecule has 0 amide bonds. The monoisotopic (exact) mass is 150 g/mol. The molecule has 1 unspecified atom stereocenters. The molecule has 58 valence electrons. The van der Waals surface area contributed by atoms with Gasteiger partial charge in [0.15, 0.2) is 6.29 Å². The van der Waals surface area contributed by atoms with Crippen LogP contribution in [0.15, 0.2) is 30.3 Å². The smallest absolute Gasteiger partial charge is 0.181 e. The molecule has 1 aromatic rings. The van der Waals surface area contributed by atoms with E-state index in [1.54, 1.807) is 0 Å². The Morgan fingerprint density at radius 3 is 2.73 bits per heavy atom. The molecule has 1 fully saturated rings. The fraction of sp³-hybridized carbons (Fsp3) is 0.333. The average Bonchev–Trinajstić information content (AvgIpc) is 2.86. The summed E-state index contributed by atoms with van der Waals surface area (Å²) in [7, 11) is 0. The summed E-state index contributed by atoms with van der Waals surface area (Å²) < 4.78 is 10.2. The SMILES string of the molecule is c1ccc(COC2CO2)cc1. The normalized spacial score (nSPS) is 21.6. The van der Waals surface area contributed by atoms with Crippen molar-refractivity contribution in [3.63, 3.8) is 0 Å². The lowest BCUT2D eigenvalue weighted by atomic mass is 10.2. The van der Waals surface area contributed by atoms with Gasteiger partial charge in [0, 0.05) is 0 Å². The van der Waals surface area contributed by atoms with Crippen LogP contribution in [-0.4, -0.2) is 12.9 Å². The van der Waals surface area contributed by atoms with E-state index < -0.39 is 0 Å². The van der Waals surface area contributed by atoms with E-state index in [2.05, 4.69) is 0 Å². The van der Waals surface area contributed by atoms with Crippen LogP contribution < -0.4 is 0 Å². The van der Waals surface area contributed by atoms with Crippen molar-refractivity contribution >= 4 is 0 Å². The van der Waals surface area contributed by atoms with Crippen molar-refractivity contribution in [3.8, 4) is 0 Å². The second kappa shape index (κ2) is 3.03. The highest BCUT2D eigenvalue weighted by Crippen LogP contribution is 2.12. The van der Waals surface area contributed by atoms with Crippen molar-refractivity contribution in [2.24, 2.45) is 0 Å². The van der Waals surface area contributed by atoms with Crippen molar-refractivity contribution in [1.82, 2.24) is 0 Å². The summed E-state index contributed by atoms with van der Waals surface area (Å²) in [6.07, 6.45) is 0.0650. The van der Waals surface area contributed by atoms with E-state index in [0.29, 0.717) is 6.61 Å². The molecule has 0 N–H and O–H groups in total. The highest BCUT2D eigenvalue weighted by atomic mass is 16.8. The van der Waals surface area contributed by atoms with Gasteiger partial charge < -0.3 is 9.47 Å². The minimum atomic E-state index is 0.0650. The largest absolute Gasteiger partial charge is 0.346 e. The van der Waals surface area contributed by atoms with Crippen LogP contribution in [-0.2, 0) is 16.1 Å². The van der Waals surface area contributed by atoms with Crippen LogP contribution in [0.1, 0.15) is 5.56 Å². The zero-order chi connectivity index (χ0) is 7.52. The molecule has 0 aromatic heterocycles. The molecule has 2 rings (SSSR count). The van der Waals surface area contributed by atoms with Gasteiger partial charge in [0.05, 0.1) is 6.61 Å². The number of rotatable bonds is 3. The summed E-state index contributed by atoms with van der Waals surface area (Å²) in [4.78, 5) is 0. The van der Waals surface area contributed by atoms with Crippen LogP contribution in [0.3, 0.4) is 0 Å². The van der Waals surface area contributed by atoms with E-state index in [1.807, 2.05) is 30.3 Å². The van der Waals surface area contributed by atoms with Crippen LogP contribution in [0.5, 0.6) is 0 Å². The van der Waals surface area contributed by atoms with Gasteiger partial charge in [0.1, 0.15) is 6.61 Å². The van der Waals surface area contributed by atoms with Crippen molar-refractivity contribution < 1.29 is 9.47 Å². The predicted molar refractivity (Wildman–Crippen MR) is 41.0 cm³/mol. The summed E-state index contributed by atoms with van der Waals surface area (Å²) in [5, 5.41) is 0. The standard InChI is InChI=1S/C9H10O2/c1-2-4-8(5-3-1)6-10-9-7-11-9/h1-5,9H,6-7H2. The van der Waals surface area contributed by atoms with Crippen LogP contribution in [0, 0.1) is 0 Å². The lowest BCUT2D eigenvalue weighted by Crippen LogP contribution is -1.94. The molecule has 0 spiro atoms. The van der Waals surface area contributed by atoms with Crippen LogP contribution >= 0.6 is 0 Å². The molecular weight excluding hydrogens is 140 g/mol. The molecule has 1 aromatic carbocycles. The Bertz CT molecular complexity index is 216. The molecule has 1 heterocycles. The van der Waals surface area contributed by atoms with E-state index in [4.69, 9.17) is 9.47 Å². The Morgan fingerprint density at radius 2 is 2.09 bits per heavy atom. The average molecular weight is 150 g/mol. The van der Waals surface area contributed by atoms with E-state index >= 15 is 0 Å². The van der Waals surface area contributed by atoms with E-state index in [0.717, 1.165) is 6.61 Å². The third-order valence-electron chi connectivity index (χ3n) is 1.58. The molecule has 1 saturated heterocycles. The van der Waals surface area contributed by atoms with Gasteiger partial charge in [-0.3, -0.25) is 0 Å². The van der Waals surface area contributed by atoms with Gasteiger partial charge in [0.25, 0.3) is 0 Å². The highest BCUT2D eigenvalue weighted by Gasteiger charge is 2.22. The maximum Gasteiger partial charge on any atom is 0.181 e. The van der Waals surface area contributed by atoms with Gasteiger partial charge in [-0.05, 0) is 5.56 Å². The van der Waals surface area contributed by atoms with Crippen LogP contribution in [0.2, 0.25) is 0 Å². The maximum absolute atomic E-state index is 5.32. The quantitative estimate of drug-likeness (QED) is 0.610. The summed E-state index contributed by atoms with van der Waals surface area (Å²) in [6.45, 7) is 1.42. The molecule has 0 radical (unpaired) electrons. The fourth-order valence-corrected chi connectivity index (χ4v) is 0.899. The lowest BCUT2D eigenvalue weighted by molar-refractivity contribution is 0.0386.